The molecular weight excluding hydrogens is 444 g/mol. The lowest BCUT2D eigenvalue weighted by Gasteiger charge is -2.20. The van der Waals surface area contributed by atoms with E-state index >= 15 is 0 Å². The zero-order valence-corrected chi connectivity index (χ0v) is 21.4. The zero-order valence-electron chi connectivity index (χ0n) is 20.6. The maximum absolute atomic E-state index is 6.35. The minimum atomic E-state index is -0.405. The number of oxime groups is 1. The fraction of sp³-hybridized carbons (Fsp3) is 0.345. The number of unbranched alkanes of at least 4 members (excludes halogenated alkanes) is 1. The Balaban J connectivity index is 1.66. The molecule has 0 heterocycles. The van der Waals surface area contributed by atoms with Gasteiger partial charge in [0.2, 0.25) is 0 Å². The summed E-state index contributed by atoms with van der Waals surface area (Å²) >= 11 is 6.26. The van der Waals surface area contributed by atoms with Gasteiger partial charge in [-0.3, -0.25) is 0 Å². The van der Waals surface area contributed by atoms with Crippen molar-refractivity contribution in [1.29, 1.82) is 0 Å². The van der Waals surface area contributed by atoms with Crippen molar-refractivity contribution in [2.75, 3.05) is 6.54 Å². The smallest absolute Gasteiger partial charge is 0.165 e. The predicted octanol–water partition coefficient (Wildman–Crippen LogP) is 7.56. The van der Waals surface area contributed by atoms with E-state index in [9.17, 15) is 0 Å². The van der Waals surface area contributed by atoms with Gasteiger partial charge < -0.3 is 14.9 Å². The maximum Gasteiger partial charge on any atom is 0.165 e. The summed E-state index contributed by atoms with van der Waals surface area (Å²) in [5.74, 6) is 0.783. The molecular formula is C29H35ClN2O2. The number of aryl methyl sites for hydroxylation is 2. The summed E-state index contributed by atoms with van der Waals surface area (Å²) in [5, 5.41) is 8.51. The van der Waals surface area contributed by atoms with Crippen LogP contribution in [-0.4, -0.2) is 12.3 Å². The van der Waals surface area contributed by atoms with Gasteiger partial charge in [-0.2, -0.15) is 0 Å². The molecule has 4 nitrogen and oxygen atoms in total. The second kappa shape index (κ2) is 13.2. The Bertz CT molecular complexity index is 1080. The van der Waals surface area contributed by atoms with Gasteiger partial charge in [0, 0.05) is 11.6 Å². The van der Waals surface area contributed by atoms with Crippen LogP contribution in [-0.2, 0) is 18.0 Å². The highest BCUT2D eigenvalue weighted by Gasteiger charge is 2.19. The Labute approximate surface area is 208 Å². The number of ether oxygens (including phenoxy) is 1. The van der Waals surface area contributed by atoms with E-state index in [1.807, 2.05) is 43.3 Å². The molecule has 1 N–H and O–H groups in total. The van der Waals surface area contributed by atoms with Crippen LogP contribution >= 0.6 is 11.6 Å². The SMILES string of the molecule is CCCCNCc1ccc(CON=C(C)C(Oc2ccc(C)c(C)c2)c2cccc(Cl)c2)cc1. The van der Waals surface area contributed by atoms with Crippen LogP contribution in [0.5, 0.6) is 5.75 Å². The highest BCUT2D eigenvalue weighted by atomic mass is 35.5. The lowest BCUT2D eigenvalue weighted by molar-refractivity contribution is 0.125. The molecule has 0 aliphatic carbocycles. The van der Waals surface area contributed by atoms with Crippen LogP contribution < -0.4 is 10.1 Å². The van der Waals surface area contributed by atoms with E-state index in [1.165, 1.54) is 29.5 Å². The quantitative estimate of drug-likeness (QED) is 0.166. The highest BCUT2D eigenvalue weighted by Crippen LogP contribution is 2.27. The first-order valence-corrected chi connectivity index (χ1v) is 12.3. The van der Waals surface area contributed by atoms with Gasteiger partial charge >= 0.3 is 0 Å². The van der Waals surface area contributed by atoms with Crippen LogP contribution in [0, 0.1) is 13.8 Å². The van der Waals surface area contributed by atoms with Gasteiger partial charge in [-0.05, 0) is 85.8 Å². The summed E-state index contributed by atoms with van der Waals surface area (Å²) in [4.78, 5) is 5.71. The van der Waals surface area contributed by atoms with Gasteiger partial charge in [0.05, 0.1) is 5.71 Å². The number of hydrogen-bond donors (Lipinski definition) is 1. The monoisotopic (exact) mass is 478 g/mol. The van der Waals surface area contributed by atoms with Gasteiger partial charge in [-0.25, -0.2) is 0 Å². The number of rotatable bonds is 12. The van der Waals surface area contributed by atoms with Crippen molar-refractivity contribution in [2.24, 2.45) is 5.16 Å². The molecule has 0 fully saturated rings. The molecule has 3 aromatic rings. The molecule has 0 radical (unpaired) electrons. The lowest BCUT2D eigenvalue weighted by atomic mass is 10.1. The van der Waals surface area contributed by atoms with Gasteiger partial charge in [-0.15, -0.1) is 0 Å². The number of hydrogen-bond acceptors (Lipinski definition) is 4. The molecule has 0 spiro atoms. The third-order valence-electron chi connectivity index (χ3n) is 5.76. The van der Waals surface area contributed by atoms with Crippen molar-refractivity contribution in [3.8, 4) is 5.75 Å². The van der Waals surface area contributed by atoms with Crippen molar-refractivity contribution in [2.45, 2.75) is 59.8 Å². The summed E-state index contributed by atoms with van der Waals surface area (Å²) in [7, 11) is 0. The largest absolute Gasteiger partial charge is 0.480 e. The minimum Gasteiger partial charge on any atom is -0.480 e. The van der Waals surface area contributed by atoms with Crippen LogP contribution in [0.15, 0.2) is 71.9 Å². The van der Waals surface area contributed by atoms with Crippen molar-refractivity contribution < 1.29 is 9.57 Å². The van der Waals surface area contributed by atoms with Crippen LogP contribution in [0.2, 0.25) is 5.02 Å². The Morgan fingerprint density at radius 1 is 0.971 bits per heavy atom. The van der Waals surface area contributed by atoms with Crippen LogP contribution in [0.1, 0.15) is 60.6 Å². The van der Waals surface area contributed by atoms with Gasteiger partial charge in [0.25, 0.3) is 0 Å². The van der Waals surface area contributed by atoms with E-state index < -0.39 is 6.10 Å². The Morgan fingerprint density at radius 2 is 1.74 bits per heavy atom. The fourth-order valence-corrected chi connectivity index (χ4v) is 3.73. The van der Waals surface area contributed by atoms with Crippen LogP contribution in [0.3, 0.4) is 0 Å². The standard InChI is InChI=1S/C29H35ClN2O2/c1-5-6-16-31-19-24-11-13-25(14-12-24)20-33-32-23(4)29(26-8-7-9-27(30)18-26)34-28-15-10-21(2)22(3)17-28/h7-15,17-18,29,31H,5-6,16,19-20H2,1-4H3. The maximum atomic E-state index is 6.35. The summed E-state index contributed by atoms with van der Waals surface area (Å²) < 4.78 is 6.35. The van der Waals surface area contributed by atoms with Gasteiger partial charge in [0.1, 0.15) is 12.4 Å². The minimum absolute atomic E-state index is 0.396. The number of nitrogens with one attached hydrogen (secondary N) is 1. The van der Waals surface area contributed by atoms with Gasteiger partial charge in [0.15, 0.2) is 6.10 Å². The molecule has 0 aliphatic heterocycles. The molecule has 1 atom stereocenters. The molecule has 34 heavy (non-hydrogen) atoms. The normalized spacial score (nSPS) is 12.4. The first kappa shape index (κ1) is 25.8. The fourth-order valence-electron chi connectivity index (χ4n) is 3.53. The van der Waals surface area contributed by atoms with E-state index in [4.69, 9.17) is 21.2 Å². The summed E-state index contributed by atoms with van der Waals surface area (Å²) in [5.41, 5.74) is 6.39. The highest BCUT2D eigenvalue weighted by molar-refractivity contribution is 6.30. The average Bonchev–Trinajstić information content (AvgIpc) is 2.83. The van der Waals surface area contributed by atoms with Crippen molar-refractivity contribution in [3.05, 3.63) is 99.6 Å². The van der Waals surface area contributed by atoms with E-state index in [0.29, 0.717) is 11.6 Å². The number of benzene rings is 3. The second-order valence-corrected chi connectivity index (χ2v) is 9.09. The van der Waals surface area contributed by atoms with Gasteiger partial charge in [-0.1, -0.05) is 72.6 Å². The molecule has 0 aliphatic rings. The molecule has 3 rings (SSSR count). The summed E-state index contributed by atoms with van der Waals surface area (Å²) in [6.45, 7) is 10.6. The average molecular weight is 479 g/mol. The van der Waals surface area contributed by atoms with E-state index in [2.05, 4.69) is 61.6 Å². The van der Waals surface area contributed by atoms with E-state index in [1.54, 1.807) is 0 Å². The Morgan fingerprint density at radius 3 is 2.44 bits per heavy atom. The molecule has 0 saturated heterocycles. The van der Waals surface area contributed by atoms with Crippen LogP contribution in [0.4, 0.5) is 0 Å². The molecule has 0 aromatic heterocycles. The van der Waals surface area contributed by atoms with Crippen LogP contribution in [0.25, 0.3) is 0 Å². The van der Waals surface area contributed by atoms with Crippen molar-refractivity contribution in [3.63, 3.8) is 0 Å². The predicted molar refractivity (Wildman–Crippen MR) is 142 cm³/mol. The first-order chi connectivity index (χ1) is 16.5. The lowest BCUT2D eigenvalue weighted by Crippen LogP contribution is -2.17. The molecule has 0 amide bonds. The summed E-state index contributed by atoms with van der Waals surface area (Å²) in [6.07, 6.45) is 2.00. The van der Waals surface area contributed by atoms with Crippen molar-refractivity contribution >= 4 is 17.3 Å². The number of halogens is 1. The Hall–Kier alpha value is -2.82. The number of nitrogens with zero attached hydrogens (tertiary/aromatic N) is 1. The third-order valence-corrected chi connectivity index (χ3v) is 6.00. The molecule has 0 saturated carbocycles. The topological polar surface area (TPSA) is 42.8 Å². The van der Waals surface area contributed by atoms with E-state index in [0.717, 1.165) is 35.7 Å². The Kier molecular flexibility index (Phi) is 9.99. The second-order valence-electron chi connectivity index (χ2n) is 8.65. The molecule has 1 unspecified atom stereocenters. The first-order valence-electron chi connectivity index (χ1n) is 11.9. The summed E-state index contributed by atoms with van der Waals surface area (Å²) in [6, 6.07) is 22.2. The zero-order chi connectivity index (χ0) is 24.3. The molecule has 0 bridgehead atoms. The molecule has 5 heteroatoms. The third kappa shape index (κ3) is 7.89. The van der Waals surface area contributed by atoms with Crippen molar-refractivity contribution in [1.82, 2.24) is 5.32 Å². The van der Waals surface area contributed by atoms with E-state index in [-0.39, 0.29) is 0 Å². The molecule has 180 valence electrons. The molecule has 3 aromatic carbocycles.